The van der Waals surface area contributed by atoms with Gasteiger partial charge in [-0.25, -0.2) is 4.98 Å². The molecular weight excluding hydrogens is 665 g/mol. The van der Waals surface area contributed by atoms with Crippen molar-refractivity contribution in [2.75, 3.05) is 4.90 Å². The first-order valence-electron chi connectivity index (χ1n) is 19.3. The van der Waals surface area contributed by atoms with E-state index in [1.54, 1.807) is 0 Å². The van der Waals surface area contributed by atoms with Crippen molar-refractivity contribution < 1.29 is 0 Å². The van der Waals surface area contributed by atoms with Gasteiger partial charge in [-0.2, -0.15) is 0 Å². The van der Waals surface area contributed by atoms with Gasteiger partial charge in [0.1, 0.15) is 5.82 Å². The van der Waals surface area contributed by atoms with E-state index in [1.165, 1.54) is 72.1 Å². The maximum Gasteiger partial charge on any atom is 0.146 e. The Labute approximate surface area is 321 Å². The van der Waals surface area contributed by atoms with Crippen molar-refractivity contribution in [1.82, 2.24) is 4.98 Å². The lowest BCUT2D eigenvalue weighted by Gasteiger charge is -2.32. The van der Waals surface area contributed by atoms with E-state index in [4.69, 9.17) is 4.98 Å². The quantitative estimate of drug-likeness (QED) is 0.171. The van der Waals surface area contributed by atoms with Crippen molar-refractivity contribution in [3.05, 3.63) is 215 Å². The summed E-state index contributed by atoms with van der Waals surface area (Å²) in [7, 11) is 0. The molecule has 258 valence electrons. The number of pyridine rings is 1. The fraction of sp³-hybridized carbons (Fsp3) is 0.0755. The molecule has 9 aromatic rings. The highest BCUT2D eigenvalue weighted by Crippen LogP contribution is 2.65. The normalized spacial score (nSPS) is 14.7. The summed E-state index contributed by atoms with van der Waals surface area (Å²) in [6.07, 6.45) is 0. The van der Waals surface area contributed by atoms with Gasteiger partial charge in [0.05, 0.1) is 16.6 Å². The molecule has 55 heavy (non-hydrogen) atoms. The zero-order valence-corrected chi connectivity index (χ0v) is 30.7. The van der Waals surface area contributed by atoms with Crippen molar-refractivity contribution >= 4 is 38.9 Å². The van der Waals surface area contributed by atoms with E-state index >= 15 is 0 Å². The molecule has 0 aliphatic heterocycles. The Kier molecular flexibility index (Phi) is 6.08. The Morgan fingerprint density at radius 3 is 1.62 bits per heavy atom. The predicted octanol–water partition coefficient (Wildman–Crippen LogP) is 13.5. The van der Waals surface area contributed by atoms with E-state index in [-0.39, 0.29) is 5.41 Å². The summed E-state index contributed by atoms with van der Waals surface area (Å²) in [5, 5.41) is 3.48. The van der Waals surface area contributed by atoms with Gasteiger partial charge in [0.25, 0.3) is 0 Å². The molecule has 0 radical (unpaired) electrons. The van der Waals surface area contributed by atoms with E-state index in [1.807, 2.05) is 0 Å². The van der Waals surface area contributed by atoms with Crippen molar-refractivity contribution in [2.45, 2.75) is 24.7 Å². The van der Waals surface area contributed by atoms with Crippen LogP contribution in [0.15, 0.2) is 182 Å². The minimum atomic E-state index is -0.443. The topological polar surface area (TPSA) is 16.1 Å². The van der Waals surface area contributed by atoms with Crippen molar-refractivity contribution in [2.24, 2.45) is 0 Å². The van der Waals surface area contributed by atoms with Crippen LogP contribution in [-0.4, -0.2) is 4.98 Å². The molecule has 0 saturated heterocycles. The molecule has 2 heteroatoms. The zero-order chi connectivity index (χ0) is 36.5. The Hall–Kier alpha value is -6.77. The monoisotopic (exact) mass is 700 g/mol. The van der Waals surface area contributed by atoms with Gasteiger partial charge < -0.3 is 0 Å². The largest absolute Gasteiger partial charge is 0.294 e. The van der Waals surface area contributed by atoms with Crippen LogP contribution in [0.25, 0.3) is 55.1 Å². The zero-order valence-electron chi connectivity index (χ0n) is 30.7. The van der Waals surface area contributed by atoms with Crippen LogP contribution < -0.4 is 4.90 Å². The van der Waals surface area contributed by atoms with E-state index in [9.17, 15) is 0 Å². The predicted molar refractivity (Wildman–Crippen MR) is 228 cm³/mol. The lowest BCUT2D eigenvalue weighted by atomic mass is 9.70. The maximum atomic E-state index is 5.59. The molecular formula is C53H36N2. The first-order valence-corrected chi connectivity index (χ1v) is 19.3. The summed E-state index contributed by atoms with van der Waals surface area (Å²) in [4.78, 5) is 8.06. The number of para-hydroxylation sites is 1. The van der Waals surface area contributed by atoms with Crippen LogP contribution in [0.2, 0.25) is 0 Å². The highest BCUT2D eigenvalue weighted by Gasteiger charge is 2.52. The summed E-state index contributed by atoms with van der Waals surface area (Å²) < 4.78 is 0. The van der Waals surface area contributed by atoms with Gasteiger partial charge in [0.15, 0.2) is 0 Å². The standard InChI is InChI=1S/C53H36N2/c1-52(2)42-23-10-5-17-35(42)38-31-30-33(32-47(38)52)55(51-40-21-4-3-16-34(40)39-20-9-14-28-48(39)54-51)49-29-15-27-46-50(49)41-22-8-13-26-45(41)53(46)43-24-11-6-18-36(43)37-19-7-12-25-44(37)53/h3-32H,1-2H3. The molecule has 0 bridgehead atoms. The van der Waals surface area contributed by atoms with Gasteiger partial charge in [-0.05, 0) is 90.8 Å². The van der Waals surface area contributed by atoms with Gasteiger partial charge in [-0.15, -0.1) is 0 Å². The lowest BCUT2D eigenvalue weighted by Crippen LogP contribution is -2.26. The Morgan fingerprint density at radius 1 is 0.400 bits per heavy atom. The molecule has 12 rings (SSSR count). The fourth-order valence-electron chi connectivity index (χ4n) is 10.6. The minimum absolute atomic E-state index is 0.154. The van der Waals surface area contributed by atoms with Crippen LogP contribution in [0, 0.1) is 0 Å². The van der Waals surface area contributed by atoms with Gasteiger partial charge in [-0.1, -0.05) is 172 Å². The third kappa shape index (κ3) is 3.86. The van der Waals surface area contributed by atoms with Crippen LogP contribution >= 0.6 is 0 Å². The second-order valence-corrected chi connectivity index (χ2v) is 15.8. The van der Waals surface area contributed by atoms with Crippen LogP contribution in [0.3, 0.4) is 0 Å². The molecule has 1 spiro atoms. The first-order chi connectivity index (χ1) is 27.1. The molecule has 0 fully saturated rings. The van der Waals surface area contributed by atoms with Crippen molar-refractivity contribution in [3.8, 4) is 33.4 Å². The Balaban J connectivity index is 1.21. The average molecular weight is 701 g/mol. The summed E-state index contributed by atoms with van der Waals surface area (Å²) in [5.74, 6) is 0.932. The second-order valence-electron chi connectivity index (χ2n) is 15.8. The van der Waals surface area contributed by atoms with Crippen molar-refractivity contribution in [3.63, 3.8) is 0 Å². The maximum absolute atomic E-state index is 5.59. The van der Waals surface area contributed by atoms with Crippen LogP contribution in [0.5, 0.6) is 0 Å². The molecule has 3 aliphatic carbocycles. The number of benzene rings is 8. The number of aromatic nitrogens is 1. The molecule has 0 unspecified atom stereocenters. The number of hydrogen-bond donors (Lipinski definition) is 0. The third-order valence-electron chi connectivity index (χ3n) is 12.9. The molecule has 8 aromatic carbocycles. The summed E-state index contributed by atoms with van der Waals surface area (Å²) in [5.41, 5.74) is 18.4. The lowest BCUT2D eigenvalue weighted by molar-refractivity contribution is 0.660. The van der Waals surface area contributed by atoms with E-state index in [0.717, 1.165) is 33.5 Å². The summed E-state index contributed by atoms with van der Waals surface area (Å²) in [6, 6.07) is 67.5. The average Bonchev–Trinajstić information content (AvgIpc) is 3.80. The molecule has 0 N–H and O–H groups in total. The van der Waals surface area contributed by atoms with Crippen LogP contribution in [-0.2, 0) is 10.8 Å². The number of nitrogens with zero attached hydrogens (tertiary/aromatic N) is 2. The Bertz CT molecular complexity index is 3050. The molecule has 1 heterocycles. The first kappa shape index (κ1) is 30.7. The number of hydrogen-bond acceptors (Lipinski definition) is 2. The molecule has 1 aromatic heterocycles. The third-order valence-corrected chi connectivity index (χ3v) is 12.9. The Morgan fingerprint density at radius 2 is 0.909 bits per heavy atom. The number of anilines is 3. The highest BCUT2D eigenvalue weighted by molar-refractivity contribution is 6.13. The van der Waals surface area contributed by atoms with Crippen LogP contribution in [0.4, 0.5) is 17.2 Å². The molecule has 0 saturated carbocycles. The smallest absolute Gasteiger partial charge is 0.146 e. The SMILES string of the molecule is CC1(C)c2ccccc2-c2ccc(N(c3cccc4c3-c3ccccc3C43c4ccccc4-c4ccccc43)c3nc4ccccc4c4ccccc34)cc21. The van der Waals surface area contributed by atoms with Gasteiger partial charge in [0.2, 0.25) is 0 Å². The summed E-state index contributed by atoms with van der Waals surface area (Å²) in [6.45, 7) is 4.73. The summed E-state index contributed by atoms with van der Waals surface area (Å²) >= 11 is 0. The molecule has 2 nitrogen and oxygen atoms in total. The van der Waals surface area contributed by atoms with Gasteiger partial charge in [0, 0.05) is 27.4 Å². The molecule has 0 amide bonds. The van der Waals surface area contributed by atoms with E-state index < -0.39 is 5.41 Å². The van der Waals surface area contributed by atoms with E-state index in [0.29, 0.717) is 0 Å². The van der Waals surface area contributed by atoms with E-state index in [2.05, 4.69) is 201 Å². The number of fused-ring (bicyclic) bond motifs is 16. The van der Waals surface area contributed by atoms with Gasteiger partial charge >= 0.3 is 0 Å². The van der Waals surface area contributed by atoms with Crippen molar-refractivity contribution in [1.29, 1.82) is 0 Å². The van der Waals surface area contributed by atoms with Crippen LogP contribution in [0.1, 0.15) is 47.2 Å². The molecule has 3 aliphatic rings. The second kappa shape index (κ2) is 10.9. The number of rotatable bonds is 3. The molecule has 0 atom stereocenters. The van der Waals surface area contributed by atoms with Gasteiger partial charge in [-0.3, -0.25) is 4.90 Å². The highest BCUT2D eigenvalue weighted by atomic mass is 15.2. The fourth-order valence-corrected chi connectivity index (χ4v) is 10.6. The minimum Gasteiger partial charge on any atom is -0.294 e.